The molecule has 0 aromatic heterocycles. The lowest BCUT2D eigenvalue weighted by Crippen LogP contribution is -2.30. The van der Waals surface area contributed by atoms with E-state index in [2.05, 4.69) is 44.6 Å². The third-order valence-corrected chi connectivity index (χ3v) is 2.70. The molecule has 0 spiro atoms. The molecule has 0 aliphatic carbocycles. The van der Waals surface area contributed by atoms with E-state index in [1.54, 1.807) is 0 Å². The van der Waals surface area contributed by atoms with Crippen molar-refractivity contribution in [3.63, 3.8) is 0 Å². The number of likely N-dealkylation sites (N-methyl/N-ethyl adjacent to an activating group) is 1. The topological polar surface area (TPSA) is 15.3 Å². The van der Waals surface area contributed by atoms with Crippen LogP contribution in [0.25, 0.3) is 0 Å². The normalized spacial score (nSPS) is 13.5. The van der Waals surface area contributed by atoms with Gasteiger partial charge in [0.25, 0.3) is 0 Å². The highest BCUT2D eigenvalue weighted by atomic mass is 15.1. The predicted octanol–water partition coefficient (Wildman–Crippen LogP) is 2.52. The van der Waals surface area contributed by atoms with Crippen LogP contribution in [-0.4, -0.2) is 37.6 Å². The Morgan fingerprint density at radius 1 is 1.33 bits per heavy atom. The molecule has 15 heavy (non-hydrogen) atoms. The molecule has 1 N–H and O–H groups in total. The number of nitrogens with one attached hydrogen (secondary N) is 1. The smallest absolute Gasteiger partial charge is 0.0160 e. The van der Waals surface area contributed by atoms with Crippen molar-refractivity contribution in [2.45, 2.75) is 39.7 Å². The summed E-state index contributed by atoms with van der Waals surface area (Å²) in [6, 6.07) is 0.656. The summed E-state index contributed by atoms with van der Waals surface area (Å²) in [5.41, 5.74) is 0. The van der Waals surface area contributed by atoms with E-state index in [0.29, 0.717) is 6.04 Å². The molecule has 0 bridgehead atoms. The second-order valence-electron chi connectivity index (χ2n) is 4.82. The molecule has 0 heterocycles. The summed E-state index contributed by atoms with van der Waals surface area (Å²) >= 11 is 0. The summed E-state index contributed by atoms with van der Waals surface area (Å²) in [5.74, 6) is 0.755. The molecule has 0 saturated carbocycles. The first kappa shape index (κ1) is 14.7. The lowest BCUT2D eigenvalue weighted by atomic mass is 10.1. The maximum atomic E-state index is 3.76. The minimum Gasteiger partial charge on any atom is -0.316 e. The number of hydrogen-bond acceptors (Lipinski definition) is 2. The van der Waals surface area contributed by atoms with Gasteiger partial charge >= 0.3 is 0 Å². The molecule has 0 aliphatic heterocycles. The van der Waals surface area contributed by atoms with Crippen molar-refractivity contribution >= 4 is 0 Å². The van der Waals surface area contributed by atoms with Gasteiger partial charge < -0.3 is 10.2 Å². The summed E-state index contributed by atoms with van der Waals surface area (Å²) in [4.78, 5) is 2.34. The number of hydrogen-bond donors (Lipinski definition) is 1. The van der Waals surface area contributed by atoms with Crippen LogP contribution >= 0.6 is 0 Å². The molecule has 1 atom stereocenters. The molecule has 0 radical (unpaired) electrons. The van der Waals surface area contributed by atoms with E-state index >= 15 is 0 Å². The van der Waals surface area contributed by atoms with Gasteiger partial charge in [-0.1, -0.05) is 19.9 Å². The lowest BCUT2D eigenvalue weighted by Gasteiger charge is -2.23. The van der Waals surface area contributed by atoms with Gasteiger partial charge in [-0.2, -0.15) is 0 Å². The summed E-state index contributed by atoms with van der Waals surface area (Å²) in [5, 5.41) is 3.47. The van der Waals surface area contributed by atoms with Gasteiger partial charge in [0.05, 0.1) is 0 Å². The van der Waals surface area contributed by atoms with Gasteiger partial charge in [-0.25, -0.2) is 0 Å². The van der Waals surface area contributed by atoms with Crippen LogP contribution in [0.5, 0.6) is 0 Å². The molecule has 0 saturated heterocycles. The minimum atomic E-state index is 0.656. The lowest BCUT2D eigenvalue weighted by molar-refractivity contribution is 0.266. The molecule has 2 heteroatoms. The van der Waals surface area contributed by atoms with Gasteiger partial charge in [-0.3, -0.25) is 0 Å². The van der Waals surface area contributed by atoms with Crippen LogP contribution in [0.1, 0.15) is 33.6 Å². The van der Waals surface area contributed by atoms with Crippen molar-refractivity contribution in [1.29, 1.82) is 0 Å². The number of rotatable bonds is 9. The zero-order chi connectivity index (χ0) is 11.7. The van der Waals surface area contributed by atoms with E-state index < -0.39 is 0 Å². The quantitative estimate of drug-likeness (QED) is 0.467. The molecular formula is C13H28N2. The van der Waals surface area contributed by atoms with Crippen molar-refractivity contribution in [2.24, 2.45) is 5.92 Å². The van der Waals surface area contributed by atoms with Crippen LogP contribution in [-0.2, 0) is 0 Å². The standard InChI is InChI=1S/C13H28N2/c1-6-10-15(5)13(4)8-7-9-14-11-12(2)3/h6,12-14H,1,7-11H2,2-5H3. The van der Waals surface area contributed by atoms with Crippen molar-refractivity contribution in [2.75, 3.05) is 26.7 Å². The second-order valence-corrected chi connectivity index (χ2v) is 4.82. The van der Waals surface area contributed by atoms with Gasteiger partial charge in [0.15, 0.2) is 0 Å². The third-order valence-electron chi connectivity index (χ3n) is 2.70. The Balaban J connectivity index is 3.37. The Hall–Kier alpha value is -0.340. The molecule has 90 valence electrons. The largest absolute Gasteiger partial charge is 0.316 e. The Kier molecular flexibility index (Phi) is 8.73. The SMILES string of the molecule is C=CCN(C)C(C)CCCNCC(C)C. The Morgan fingerprint density at radius 3 is 2.53 bits per heavy atom. The minimum absolute atomic E-state index is 0.656. The molecular weight excluding hydrogens is 184 g/mol. The highest BCUT2D eigenvalue weighted by Crippen LogP contribution is 2.03. The predicted molar refractivity (Wildman–Crippen MR) is 69.2 cm³/mol. The average molecular weight is 212 g/mol. The fourth-order valence-corrected chi connectivity index (χ4v) is 1.52. The zero-order valence-corrected chi connectivity index (χ0v) is 10.9. The van der Waals surface area contributed by atoms with Gasteiger partial charge in [0.1, 0.15) is 0 Å². The van der Waals surface area contributed by atoms with E-state index in [1.807, 2.05) is 6.08 Å². The van der Waals surface area contributed by atoms with Gasteiger partial charge in [-0.15, -0.1) is 6.58 Å². The highest BCUT2D eigenvalue weighted by Gasteiger charge is 2.06. The molecule has 0 aliphatic rings. The van der Waals surface area contributed by atoms with Gasteiger partial charge in [0.2, 0.25) is 0 Å². The zero-order valence-electron chi connectivity index (χ0n) is 10.9. The van der Waals surface area contributed by atoms with Crippen LogP contribution in [0.3, 0.4) is 0 Å². The maximum Gasteiger partial charge on any atom is 0.0160 e. The van der Waals surface area contributed by atoms with Crippen molar-refractivity contribution in [3.05, 3.63) is 12.7 Å². The van der Waals surface area contributed by atoms with E-state index in [0.717, 1.165) is 25.6 Å². The van der Waals surface area contributed by atoms with E-state index in [1.165, 1.54) is 12.8 Å². The Labute approximate surface area is 95.7 Å². The van der Waals surface area contributed by atoms with E-state index in [-0.39, 0.29) is 0 Å². The van der Waals surface area contributed by atoms with E-state index in [4.69, 9.17) is 0 Å². The van der Waals surface area contributed by atoms with Crippen molar-refractivity contribution in [3.8, 4) is 0 Å². The van der Waals surface area contributed by atoms with Gasteiger partial charge in [0, 0.05) is 12.6 Å². The average Bonchev–Trinajstić information content (AvgIpc) is 2.16. The summed E-state index contributed by atoms with van der Waals surface area (Å²) in [6.45, 7) is 13.8. The Bertz CT molecular complexity index is 155. The first-order valence-corrected chi connectivity index (χ1v) is 6.09. The van der Waals surface area contributed by atoms with Crippen LogP contribution in [0.15, 0.2) is 12.7 Å². The van der Waals surface area contributed by atoms with E-state index in [9.17, 15) is 0 Å². The first-order chi connectivity index (χ1) is 7.07. The second kappa shape index (κ2) is 8.93. The summed E-state index contributed by atoms with van der Waals surface area (Å²) < 4.78 is 0. The monoisotopic (exact) mass is 212 g/mol. The third kappa shape index (κ3) is 8.64. The van der Waals surface area contributed by atoms with Crippen molar-refractivity contribution in [1.82, 2.24) is 10.2 Å². The highest BCUT2D eigenvalue weighted by molar-refractivity contribution is 4.74. The molecule has 0 rings (SSSR count). The first-order valence-electron chi connectivity index (χ1n) is 6.09. The van der Waals surface area contributed by atoms with Crippen molar-refractivity contribution < 1.29 is 0 Å². The Morgan fingerprint density at radius 2 is 2.00 bits per heavy atom. The van der Waals surface area contributed by atoms with Crippen LogP contribution in [0.4, 0.5) is 0 Å². The van der Waals surface area contributed by atoms with Gasteiger partial charge in [-0.05, 0) is 45.8 Å². The van der Waals surface area contributed by atoms with Crippen LogP contribution in [0, 0.1) is 5.92 Å². The molecule has 1 unspecified atom stereocenters. The van der Waals surface area contributed by atoms with Crippen LogP contribution < -0.4 is 5.32 Å². The molecule has 0 aromatic carbocycles. The maximum absolute atomic E-state index is 3.76. The van der Waals surface area contributed by atoms with Crippen LogP contribution in [0.2, 0.25) is 0 Å². The molecule has 0 aromatic rings. The fraction of sp³-hybridized carbons (Fsp3) is 0.846. The fourth-order valence-electron chi connectivity index (χ4n) is 1.52. The molecule has 2 nitrogen and oxygen atoms in total. The molecule has 0 amide bonds. The molecule has 0 fully saturated rings. The summed E-state index contributed by atoms with van der Waals surface area (Å²) in [7, 11) is 2.16. The summed E-state index contributed by atoms with van der Waals surface area (Å²) in [6.07, 6.45) is 4.48. The number of nitrogens with zero attached hydrogens (tertiary/aromatic N) is 1.